The third kappa shape index (κ3) is 1.29. The van der Waals surface area contributed by atoms with Crippen molar-refractivity contribution in [2.24, 2.45) is 0 Å². The highest BCUT2D eigenvalue weighted by molar-refractivity contribution is 7.92. The van der Waals surface area contributed by atoms with E-state index >= 15 is 0 Å². The zero-order valence-corrected chi connectivity index (χ0v) is 6.39. The first-order valence-corrected chi connectivity index (χ1v) is 4.99. The fourth-order valence-electron chi connectivity index (χ4n) is 1.10. The summed E-state index contributed by atoms with van der Waals surface area (Å²) >= 11 is 0. The van der Waals surface area contributed by atoms with Crippen molar-refractivity contribution in [2.45, 2.75) is 24.5 Å². The van der Waals surface area contributed by atoms with Crippen LogP contribution in [0.1, 0.15) is 19.3 Å². The SMILES string of the molecule is N#CC1CCCCS1(=O)=O. The van der Waals surface area contributed by atoms with Gasteiger partial charge < -0.3 is 0 Å². The molecule has 1 fully saturated rings. The lowest BCUT2D eigenvalue weighted by Crippen LogP contribution is -2.26. The van der Waals surface area contributed by atoms with E-state index in [0.717, 1.165) is 12.8 Å². The quantitative estimate of drug-likeness (QED) is 0.516. The van der Waals surface area contributed by atoms with Gasteiger partial charge in [-0.2, -0.15) is 5.26 Å². The molecule has 0 amide bonds. The second-order valence-corrected chi connectivity index (χ2v) is 4.78. The highest BCUT2D eigenvalue weighted by Gasteiger charge is 2.27. The first-order chi connectivity index (χ1) is 4.67. The predicted octanol–water partition coefficient (Wildman–Crippen LogP) is 0.477. The monoisotopic (exact) mass is 159 g/mol. The predicted molar refractivity (Wildman–Crippen MR) is 37.0 cm³/mol. The molecule has 1 saturated heterocycles. The number of nitrogens with zero attached hydrogens (tertiary/aromatic N) is 1. The lowest BCUT2D eigenvalue weighted by Gasteiger charge is -2.14. The molecule has 1 unspecified atom stereocenters. The van der Waals surface area contributed by atoms with Gasteiger partial charge in [-0.15, -0.1) is 0 Å². The molecular weight excluding hydrogens is 150 g/mol. The standard InChI is InChI=1S/C6H9NO2S/c7-5-6-3-1-2-4-10(6,8)9/h6H,1-4H2. The van der Waals surface area contributed by atoms with Crippen LogP contribution in [0, 0.1) is 11.3 Å². The van der Waals surface area contributed by atoms with Gasteiger partial charge in [0.25, 0.3) is 0 Å². The van der Waals surface area contributed by atoms with Crippen molar-refractivity contribution in [3.63, 3.8) is 0 Å². The van der Waals surface area contributed by atoms with Crippen molar-refractivity contribution in [3.8, 4) is 6.07 Å². The number of hydrogen-bond acceptors (Lipinski definition) is 3. The Bertz CT molecular complexity index is 249. The van der Waals surface area contributed by atoms with Gasteiger partial charge in [0.2, 0.25) is 0 Å². The minimum Gasteiger partial charge on any atom is -0.227 e. The molecule has 1 aliphatic rings. The minimum absolute atomic E-state index is 0.200. The van der Waals surface area contributed by atoms with Crippen LogP contribution in [-0.4, -0.2) is 19.4 Å². The Morgan fingerprint density at radius 2 is 2.10 bits per heavy atom. The van der Waals surface area contributed by atoms with Crippen LogP contribution in [-0.2, 0) is 9.84 Å². The van der Waals surface area contributed by atoms with Crippen LogP contribution in [0.2, 0.25) is 0 Å². The molecule has 1 rings (SSSR count). The molecule has 0 N–H and O–H groups in total. The van der Waals surface area contributed by atoms with Crippen LogP contribution in [0.5, 0.6) is 0 Å². The summed E-state index contributed by atoms with van der Waals surface area (Å²) in [5.41, 5.74) is 0. The molecule has 0 bridgehead atoms. The van der Waals surface area contributed by atoms with E-state index in [9.17, 15) is 8.42 Å². The molecule has 0 aromatic carbocycles. The fourth-order valence-corrected chi connectivity index (χ4v) is 2.68. The molecule has 56 valence electrons. The molecule has 0 spiro atoms. The molecular formula is C6H9NO2S. The van der Waals surface area contributed by atoms with Crippen molar-refractivity contribution in [3.05, 3.63) is 0 Å². The van der Waals surface area contributed by atoms with E-state index in [2.05, 4.69) is 0 Å². The van der Waals surface area contributed by atoms with E-state index < -0.39 is 15.1 Å². The molecule has 1 atom stereocenters. The average molecular weight is 159 g/mol. The highest BCUT2D eigenvalue weighted by atomic mass is 32.2. The second-order valence-electron chi connectivity index (χ2n) is 2.48. The Morgan fingerprint density at radius 3 is 2.50 bits per heavy atom. The fraction of sp³-hybridized carbons (Fsp3) is 0.833. The van der Waals surface area contributed by atoms with Crippen LogP contribution in [0.4, 0.5) is 0 Å². The number of rotatable bonds is 0. The normalized spacial score (nSPS) is 30.9. The van der Waals surface area contributed by atoms with Gasteiger partial charge in [0.05, 0.1) is 11.8 Å². The van der Waals surface area contributed by atoms with E-state index in [1.807, 2.05) is 0 Å². The second kappa shape index (κ2) is 2.59. The summed E-state index contributed by atoms with van der Waals surface area (Å²) in [6.45, 7) is 0. The van der Waals surface area contributed by atoms with E-state index in [-0.39, 0.29) is 5.75 Å². The summed E-state index contributed by atoms with van der Waals surface area (Å²) in [6.07, 6.45) is 2.12. The molecule has 4 heteroatoms. The van der Waals surface area contributed by atoms with Gasteiger partial charge >= 0.3 is 0 Å². The summed E-state index contributed by atoms with van der Waals surface area (Å²) in [5.74, 6) is 0.200. The van der Waals surface area contributed by atoms with Crippen molar-refractivity contribution >= 4 is 9.84 Å². The van der Waals surface area contributed by atoms with Crippen molar-refractivity contribution in [1.82, 2.24) is 0 Å². The van der Waals surface area contributed by atoms with Gasteiger partial charge in [0, 0.05) is 0 Å². The van der Waals surface area contributed by atoms with E-state index in [0.29, 0.717) is 6.42 Å². The van der Waals surface area contributed by atoms with Gasteiger partial charge in [0.1, 0.15) is 5.25 Å². The van der Waals surface area contributed by atoms with E-state index in [1.165, 1.54) is 0 Å². The summed E-state index contributed by atoms with van der Waals surface area (Å²) in [6, 6.07) is 1.81. The maximum atomic E-state index is 11.0. The van der Waals surface area contributed by atoms with E-state index in [1.54, 1.807) is 6.07 Å². The zero-order valence-electron chi connectivity index (χ0n) is 5.58. The average Bonchev–Trinajstić information content (AvgIpc) is 1.87. The van der Waals surface area contributed by atoms with Crippen LogP contribution in [0.15, 0.2) is 0 Å². The van der Waals surface area contributed by atoms with Crippen LogP contribution in [0.3, 0.4) is 0 Å². The Morgan fingerprint density at radius 1 is 1.40 bits per heavy atom. The molecule has 0 aromatic rings. The summed E-state index contributed by atoms with van der Waals surface area (Å²) in [5, 5.41) is 7.68. The molecule has 1 aliphatic heterocycles. The van der Waals surface area contributed by atoms with Gasteiger partial charge in [-0.05, 0) is 12.8 Å². The highest BCUT2D eigenvalue weighted by Crippen LogP contribution is 2.18. The molecule has 0 radical (unpaired) electrons. The van der Waals surface area contributed by atoms with Crippen LogP contribution < -0.4 is 0 Å². The Labute approximate surface area is 60.6 Å². The van der Waals surface area contributed by atoms with Crippen LogP contribution in [0.25, 0.3) is 0 Å². The number of hydrogen-bond donors (Lipinski definition) is 0. The molecule has 0 aromatic heterocycles. The largest absolute Gasteiger partial charge is 0.227 e. The third-order valence-electron chi connectivity index (χ3n) is 1.72. The van der Waals surface area contributed by atoms with Gasteiger partial charge in [-0.1, -0.05) is 6.42 Å². The topological polar surface area (TPSA) is 57.9 Å². The lowest BCUT2D eigenvalue weighted by atomic mass is 10.2. The Hall–Kier alpha value is -0.560. The number of sulfone groups is 1. The summed E-state index contributed by atoms with van der Waals surface area (Å²) < 4.78 is 22.0. The van der Waals surface area contributed by atoms with Crippen molar-refractivity contribution in [1.29, 1.82) is 5.26 Å². The van der Waals surface area contributed by atoms with Gasteiger partial charge in [0.15, 0.2) is 9.84 Å². The zero-order chi connectivity index (χ0) is 7.61. The number of nitriles is 1. The summed E-state index contributed by atoms with van der Waals surface area (Å²) in [7, 11) is -3.03. The Balaban J connectivity index is 2.82. The van der Waals surface area contributed by atoms with Crippen molar-refractivity contribution in [2.75, 3.05) is 5.75 Å². The molecule has 0 saturated carbocycles. The maximum absolute atomic E-state index is 11.0. The van der Waals surface area contributed by atoms with Crippen LogP contribution >= 0.6 is 0 Å². The minimum atomic E-state index is -3.03. The summed E-state index contributed by atoms with van der Waals surface area (Å²) in [4.78, 5) is 0. The maximum Gasteiger partial charge on any atom is 0.166 e. The smallest absolute Gasteiger partial charge is 0.166 e. The van der Waals surface area contributed by atoms with Crippen molar-refractivity contribution < 1.29 is 8.42 Å². The third-order valence-corrected chi connectivity index (χ3v) is 3.79. The molecule has 10 heavy (non-hydrogen) atoms. The Kier molecular flexibility index (Phi) is 1.95. The molecule has 1 heterocycles. The van der Waals surface area contributed by atoms with Gasteiger partial charge in [-0.3, -0.25) is 0 Å². The first-order valence-electron chi connectivity index (χ1n) is 3.28. The van der Waals surface area contributed by atoms with Gasteiger partial charge in [-0.25, -0.2) is 8.42 Å². The van der Waals surface area contributed by atoms with E-state index in [4.69, 9.17) is 5.26 Å². The first kappa shape index (κ1) is 7.55. The molecule has 0 aliphatic carbocycles. The lowest BCUT2D eigenvalue weighted by molar-refractivity contribution is 0.561. The molecule has 3 nitrogen and oxygen atoms in total.